The molecule has 7 heteroatoms. The number of ether oxygens (including phenoxy) is 1. The summed E-state index contributed by atoms with van der Waals surface area (Å²) in [6.07, 6.45) is 6.35. The van der Waals surface area contributed by atoms with Crippen molar-refractivity contribution in [3.05, 3.63) is 0 Å². The molecule has 20 heavy (non-hydrogen) atoms. The van der Waals surface area contributed by atoms with Crippen LogP contribution < -0.4 is 0 Å². The molecule has 1 atom stereocenters. The van der Waals surface area contributed by atoms with Gasteiger partial charge in [0.25, 0.3) is 0 Å². The maximum atomic E-state index is 11.2. The molecule has 0 radical (unpaired) electrons. The van der Waals surface area contributed by atoms with Crippen molar-refractivity contribution < 1.29 is 23.9 Å². The van der Waals surface area contributed by atoms with Gasteiger partial charge in [-0.1, -0.05) is 12.8 Å². The van der Waals surface area contributed by atoms with E-state index < -0.39 is 11.9 Å². The minimum absolute atomic E-state index is 0.0326. The Labute approximate surface area is 117 Å². The van der Waals surface area contributed by atoms with Gasteiger partial charge in [-0.2, -0.15) is 0 Å². The molecule has 0 aromatic heterocycles. The molecule has 0 aliphatic rings. The third-order valence-corrected chi connectivity index (χ3v) is 2.55. The summed E-state index contributed by atoms with van der Waals surface area (Å²) in [6, 6.07) is -0.304. The summed E-state index contributed by atoms with van der Waals surface area (Å²) >= 11 is 0. The Morgan fingerprint density at radius 1 is 1.10 bits per heavy atom. The Morgan fingerprint density at radius 2 is 1.85 bits per heavy atom. The first-order chi connectivity index (χ1) is 9.60. The molecule has 1 unspecified atom stereocenters. The highest BCUT2D eigenvalue weighted by Crippen LogP contribution is 2.12. The number of unbranched alkanes of at least 4 members (excludes halogenated alkanes) is 2. The fourth-order valence-electron chi connectivity index (χ4n) is 1.64. The van der Waals surface area contributed by atoms with Gasteiger partial charge in [-0.3, -0.25) is 9.59 Å². The molecule has 0 saturated carbocycles. The number of isocyanates is 2. The van der Waals surface area contributed by atoms with Gasteiger partial charge >= 0.3 is 11.9 Å². The van der Waals surface area contributed by atoms with Crippen LogP contribution in [0.2, 0.25) is 0 Å². The number of carbonyl (C=O) groups excluding carboxylic acids is 4. The van der Waals surface area contributed by atoms with Crippen molar-refractivity contribution in [1.29, 1.82) is 0 Å². The van der Waals surface area contributed by atoms with E-state index in [0.29, 0.717) is 19.4 Å². The third kappa shape index (κ3) is 11.0. The molecule has 0 aliphatic heterocycles. The Bertz CT molecular complexity index is 409. The largest absolute Gasteiger partial charge is 0.393 e. The first kappa shape index (κ1) is 17.9. The first-order valence-corrected chi connectivity index (χ1v) is 6.42. The molecule has 110 valence electrons. The zero-order valence-corrected chi connectivity index (χ0v) is 11.5. The summed E-state index contributed by atoms with van der Waals surface area (Å²) in [5.41, 5.74) is 0. The van der Waals surface area contributed by atoms with Crippen LogP contribution in [0.1, 0.15) is 45.4 Å². The number of hydrogen-bond donors (Lipinski definition) is 0. The van der Waals surface area contributed by atoms with Crippen LogP contribution >= 0.6 is 0 Å². The molecule has 0 N–H and O–H groups in total. The second-order valence-corrected chi connectivity index (χ2v) is 4.20. The van der Waals surface area contributed by atoms with E-state index in [4.69, 9.17) is 0 Å². The summed E-state index contributed by atoms with van der Waals surface area (Å²) in [5, 5.41) is 0. The molecule has 0 rings (SSSR count). The van der Waals surface area contributed by atoms with E-state index in [2.05, 4.69) is 14.7 Å². The number of nitrogens with zero attached hydrogens (tertiary/aromatic N) is 2. The minimum Gasteiger partial charge on any atom is -0.393 e. The van der Waals surface area contributed by atoms with Gasteiger partial charge < -0.3 is 4.74 Å². The lowest BCUT2D eigenvalue weighted by Gasteiger charge is -2.09. The van der Waals surface area contributed by atoms with E-state index in [-0.39, 0.29) is 12.5 Å². The topological polar surface area (TPSA) is 102 Å². The van der Waals surface area contributed by atoms with Crippen molar-refractivity contribution in [2.45, 2.75) is 51.5 Å². The van der Waals surface area contributed by atoms with Gasteiger partial charge in [0, 0.05) is 13.3 Å². The smallest absolute Gasteiger partial charge is 0.313 e. The molecule has 0 bridgehead atoms. The lowest BCUT2D eigenvalue weighted by molar-refractivity contribution is -0.158. The van der Waals surface area contributed by atoms with Gasteiger partial charge in [0.1, 0.15) is 0 Å². The average Bonchev–Trinajstić information content (AvgIpc) is 2.39. The summed E-state index contributed by atoms with van der Waals surface area (Å²) in [7, 11) is 0. The summed E-state index contributed by atoms with van der Waals surface area (Å²) in [6.45, 7) is 1.59. The number of hydrogen-bond acceptors (Lipinski definition) is 7. The van der Waals surface area contributed by atoms with Crippen LogP contribution in [0.4, 0.5) is 0 Å². The molecule has 0 aromatic carbocycles. The number of rotatable bonds is 10. The summed E-state index contributed by atoms with van der Waals surface area (Å²) in [5.74, 6) is -1.27. The number of aliphatic imine (C=N–C) groups is 2. The van der Waals surface area contributed by atoms with Crippen molar-refractivity contribution in [2.75, 3.05) is 6.54 Å². The second kappa shape index (κ2) is 12.0. The highest BCUT2D eigenvalue weighted by molar-refractivity contribution is 5.84. The Morgan fingerprint density at radius 3 is 2.45 bits per heavy atom. The zero-order valence-electron chi connectivity index (χ0n) is 11.5. The van der Waals surface area contributed by atoms with Crippen LogP contribution in [0, 0.1) is 0 Å². The van der Waals surface area contributed by atoms with E-state index in [1.807, 2.05) is 0 Å². The number of carbonyl (C=O) groups is 2. The zero-order chi connectivity index (χ0) is 15.2. The maximum absolute atomic E-state index is 11.2. The van der Waals surface area contributed by atoms with Gasteiger partial charge in [0.05, 0.1) is 12.6 Å². The minimum atomic E-state index is -0.652. The molecular formula is C13H18N2O5. The van der Waals surface area contributed by atoms with Crippen LogP contribution in [-0.4, -0.2) is 36.7 Å². The first-order valence-electron chi connectivity index (χ1n) is 6.42. The van der Waals surface area contributed by atoms with Gasteiger partial charge in [-0.15, -0.1) is 0 Å². The lowest BCUT2D eigenvalue weighted by atomic mass is 10.0. The fourth-order valence-corrected chi connectivity index (χ4v) is 1.64. The predicted octanol–water partition coefficient (Wildman–Crippen LogP) is 1.46. The standard InChI is InChI=1S/C13H18N2O5/c1-11(18)20-13(19)7-6-12(15-10-17)5-3-2-4-8-14-9-16/h12H,2-8H2,1H3. The molecular weight excluding hydrogens is 264 g/mol. The fraction of sp³-hybridized carbons (Fsp3) is 0.692. The number of esters is 2. The van der Waals surface area contributed by atoms with Crippen molar-refractivity contribution in [1.82, 2.24) is 0 Å². The van der Waals surface area contributed by atoms with Crippen LogP contribution in [-0.2, 0) is 23.9 Å². The Hall–Kier alpha value is -2.10. The molecule has 0 spiro atoms. The van der Waals surface area contributed by atoms with E-state index in [9.17, 15) is 19.2 Å². The third-order valence-electron chi connectivity index (χ3n) is 2.55. The van der Waals surface area contributed by atoms with Crippen molar-refractivity contribution in [3.63, 3.8) is 0 Å². The lowest BCUT2D eigenvalue weighted by Crippen LogP contribution is -2.13. The Kier molecular flexibility index (Phi) is 10.7. The molecule has 0 aromatic rings. The van der Waals surface area contributed by atoms with E-state index in [1.54, 1.807) is 0 Å². The molecule has 0 saturated heterocycles. The van der Waals surface area contributed by atoms with Gasteiger partial charge in [0.15, 0.2) is 0 Å². The summed E-state index contributed by atoms with van der Waals surface area (Å²) < 4.78 is 4.38. The molecule has 0 amide bonds. The SMILES string of the molecule is CC(=O)OC(=O)CCC(CCCCCN=C=O)N=C=O. The summed E-state index contributed by atoms with van der Waals surface area (Å²) in [4.78, 5) is 48.9. The maximum Gasteiger partial charge on any atom is 0.313 e. The average molecular weight is 282 g/mol. The quantitative estimate of drug-likeness (QED) is 0.198. The molecule has 0 fully saturated rings. The van der Waals surface area contributed by atoms with Crippen LogP contribution in [0.25, 0.3) is 0 Å². The molecule has 0 heterocycles. The van der Waals surface area contributed by atoms with Crippen molar-refractivity contribution in [2.24, 2.45) is 9.98 Å². The Balaban J connectivity index is 3.92. The van der Waals surface area contributed by atoms with Crippen molar-refractivity contribution >= 4 is 24.1 Å². The van der Waals surface area contributed by atoms with Gasteiger partial charge in [0.2, 0.25) is 12.2 Å². The van der Waals surface area contributed by atoms with Crippen molar-refractivity contribution in [3.8, 4) is 0 Å². The monoisotopic (exact) mass is 282 g/mol. The van der Waals surface area contributed by atoms with Crippen LogP contribution in [0.5, 0.6) is 0 Å². The second-order valence-electron chi connectivity index (χ2n) is 4.20. The van der Waals surface area contributed by atoms with E-state index in [1.165, 1.54) is 12.2 Å². The van der Waals surface area contributed by atoms with Crippen LogP contribution in [0.3, 0.4) is 0 Å². The van der Waals surface area contributed by atoms with Gasteiger partial charge in [-0.25, -0.2) is 19.6 Å². The highest BCUT2D eigenvalue weighted by Gasteiger charge is 2.12. The molecule has 7 nitrogen and oxygen atoms in total. The van der Waals surface area contributed by atoms with Gasteiger partial charge in [-0.05, 0) is 19.3 Å². The highest BCUT2D eigenvalue weighted by atomic mass is 16.6. The van der Waals surface area contributed by atoms with Crippen LogP contribution in [0.15, 0.2) is 9.98 Å². The normalized spacial score (nSPS) is 10.8. The molecule has 0 aliphatic carbocycles. The van der Waals surface area contributed by atoms with E-state index in [0.717, 1.165) is 26.2 Å². The predicted molar refractivity (Wildman–Crippen MR) is 69.4 cm³/mol. The van der Waals surface area contributed by atoms with E-state index >= 15 is 0 Å².